The highest BCUT2D eigenvalue weighted by Crippen LogP contribution is 2.26. The lowest BCUT2D eigenvalue weighted by molar-refractivity contribution is -0.126. The molecule has 1 fully saturated rings. The molecule has 0 radical (unpaired) electrons. The molecule has 1 saturated heterocycles. The lowest BCUT2D eigenvalue weighted by atomic mass is 9.84. The van der Waals surface area contributed by atoms with E-state index in [9.17, 15) is 9.59 Å². The largest absolute Gasteiger partial charge is 0.356 e. The molecule has 1 N–H and O–H groups in total. The molecule has 0 bridgehead atoms. The van der Waals surface area contributed by atoms with E-state index >= 15 is 0 Å². The Hall–Kier alpha value is -1.84. The van der Waals surface area contributed by atoms with Crippen LogP contribution in [0, 0.1) is 11.8 Å². The third-order valence-corrected chi connectivity index (χ3v) is 4.32. The number of hydrogen-bond donors (Lipinski definition) is 1. The molecule has 4 nitrogen and oxygen atoms in total. The quantitative estimate of drug-likeness (QED) is 0.924. The number of nitrogens with zero attached hydrogens (tertiary/aromatic N) is 1. The first-order valence-corrected chi connectivity index (χ1v) is 7.75. The third kappa shape index (κ3) is 3.84. The molecular formula is C17H24N2O2. The molecule has 2 rings (SSSR count). The summed E-state index contributed by atoms with van der Waals surface area (Å²) < 4.78 is 0. The van der Waals surface area contributed by atoms with Crippen molar-refractivity contribution >= 4 is 11.8 Å². The first kappa shape index (κ1) is 15.5. The van der Waals surface area contributed by atoms with E-state index in [1.54, 1.807) is 0 Å². The number of piperidine rings is 1. The summed E-state index contributed by atoms with van der Waals surface area (Å²) in [5, 5.41) is 2.88. The second-order valence-corrected chi connectivity index (χ2v) is 5.68. The van der Waals surface area contributed by atoms with Gasteiger partial charge in [0.25, 0.3) is 5.91 Å². The molecule has 1 aliphatic heterocycles. The Morgan fingerprint density at radius 1 is 1.24 bits per heavy atom. The highest BCUT2D eigenvalue weighted by molar-refractivity contribution is 5.94. The van der Waals surface area contributed by atoms with Crippen molar-refractivity contribution < 1.29 is 9.59 Å². The second kappa shape index (κ2) is 7.25. The minimum absolute atomic E-state index is 0.0268. The lowest BCUT2D eigenvalue weighted by Crippen LogP contribution is -2.42. The van der Waals surface area contributed by atoms with Crippen LogP contribution in [-0.2, 0) is 4.79 Å². The Morgan fingerprint density at radius 3 is 2.43 bits per heavy atom. The molecule has 0 saturated carbocycles. The Bertz CT molecular complexity index is 479. The van der Waals surface area contributed by atoms with Crippen LogP contribution in [0.3, 0.4) is 0 Å². The Labute approximate surface area is 126 Å². The van der Waals surface area contributed by atoms with Gasteiger partial charge in [0.2, 0.25) is 5.91 Å². The van der Waals surface area contributed by atoms with E-state index in [4.69, 9.17) is 0 Å². The number of amides is 2. The summed E-state index contributed by atoms with van der Waals surface area (Å²) in [6.45, 7) is 6.08. The van der Waals surface area contributed by atoms with Gasteiger partial charge < -0.3 is 10.2 Å². The maximum atomic E-state index is 12.4. The molecule has 1 aliphatic rings. The van der Waals surface area contributed by atoms with Crippen molar-refractivity contribution in [3.05, 3.63) is 35.9 Å². The van der Waals surface area contributed by atoms with Crippen molar-refractivity contribution in [1.29, 1.82) is 0 Å². The highest BCUT2D eigenvalue weighted by Gasteiger charge is 2.29. The normalized spacial score (nSPS) is 17.3. The lowest BCUT2D eigenvalue weighted by Gasteiger charge is -2.34. The van der Waals surface area contributed by atoms with Gasteiger partial charge >= 0.3 is 0 Å². The average Bonchev–Trinajstić information content (AvgIpc) is 2.54. The first-order chi connectivity index (χ1) is 10.1. The second-order valence-electron chi connectivity index (χ2n) is 5.68. The number of likely N-dealkylation sites (tertiary alicyclic amines) is 1. The Balaban J connectivity index is 1.88. The van der Waals surface area contributed by atoms with Crippen LogP contribution >= 0.6 is 0 Å². The van der Waals surface area contributed by atoms with Crippen LogP contribution in [0.2, 0.25) is 0 Å². The maximum Gasteiger partial charge on any atom is 0.253 e. The van der Waals surface area contributed by atoms with Gasteiger partial charge in [-0.15, -0.1) is 0 Å². The zero-order valence-electron chi connectivity index (χ0n) is 12.8. The van der Waals surface area contributed by atoms with E-state index in [1.807, 2.05) is 49.1 Å². The summed E-state index contributed by atoms with van der Waals surface area (Å²) in [5.41, 5.74) is 0.743. The monoisotopic (exact) mass is 288 g/mol. The summed E-state index contributed by atoms with van der Waals surface area (Å²) in [6.07, 6.45) is 1.80. The number of benzene rings is 1. The van der Waals surface area contributed by atoms with Gasteiger partial charge in [0, 0.05) is 31.1 Å². The molecule has 1 heterocycles. The van der Waals surface area contributed by atoms with Gasteiger partial charge in [-0.05, 0) is 37.8 Å². The van der Waals surface area contributed by atoms with Gasteiger partial charge in [0.1, 0.15) is 0 Å². The van der Waals surface area contributed by atoms with Crippen molar-refractivity contribution in [3.8, 4) is 0 Å². The topological polar surface area (TPSA) is 49.4 Å². The molecule has 2 amide bonds. The highest BCUT2D eigenvalue weighted by atomic mass is 16.2. The van der Waals surface area contributed by atoms with Crippen LogP contribution in [0.5, 0.6) is 0 Å². The summed E-state index contributed by atoms with van der Waals surface area (Å²) in [7, 11) is 0. The SMILES string of the molecule is CCNC(=O)C(C)C1CCN(C(=O)c2ccccc2)CC1. The molecule has 21 heavy (non-hydrogen) atoms. The van der Waals surface area contributed by atoms with Crippen molar-refractivity contribution in [2.24, 2.45) is 11.8 Å². The summed E-state index contributed by atoms with van der Waals surface area (Å²) in [6, 6.07) is 9.39. The summed E-state index contributed by atoms with van der Waals surface area (Å²) in [5.74, 6) is 0.625. The number of carbonyl (C=O) groups excluding carboxylic acids is 2. The summed E-state index contributed by atoms with van der Waals surface area (Å²) >= 11 is 0. The molecule has 0 aliphatic carbocycles. The van der Waals surface area contributed by atoms with E-state index in [1.165, 1.54) is 0 Å². The van der Waals surface area contributed by atoms with Crippen molar-refractivity contribution in [3.63, 3.8) is 0 Å². The van der Waals surface area contributed by atoms with Crippen LogP contribution < -0.4 is 5.32 Å². The fraction of sp³-hybridized carbons (Fsp3) is 0.529. The number of hydrogen-bond acceptors (Lipinski definition) is 2. The molecule has 1 aromatic carbocycles. The van der Waals surface area contributed by atoms with E-state index < -0.39 is 0 Å². The number of nitrogens with one attached hydrogen (secondary N) is 1. The average molecular weight is 288 g/mol. The predicted octanol–water partition coefficient (Wildman–Crippen LogP) is 2.31. The molecule has 1 aromatic rings. The zero-order chi connectivity index (χ0) is 15.2. The van der Waals surface area contributed by atoms with Crippen LogP contribution in [-0.4, -0.2) is 36.3 Å². The molecular weight excluding hydrogens is 264 g/mol. The van der Waals surface area contributed by atoms with Gasteiger partial charge in [0.05, 0.1) is 0 Å². The van der Waals surface area contributed by atoms with Crippen molar-refractivity contribution in [1.82, 2.24) is 10.2 Å². The van der Waals surface area contributed by atoms with Crippen LogP contribution in [0.25, 0.3) is 0 Å². The van der Waals surface area contributed by atoms with Crippen LogP contribution in [0.15, 0.2) is 30.3 Å². The molecule has 1 unspecified atom stereocenters. The summed E-state index contributed by atoms with van der Waals surface area (Å²) in [4.78, 5) is 26.1. The van der Waals surface area contributed by atoms with Gasteiger partial charge in [0.15, 0.2) is 0 Å². The van der Waals surface area contributed by atoms with Gasteiger partial charge in [-0.1, -0.05) is 25.1 Å². The smallest absolute Gasteiger partial charge is 0.253 e. The fourth-order valence-corrected chi connectivity index (χ4v) is 2.92. The van der Waals surface area contributed by atoms with Gasteiger partial charge in [-0.2, -0.15) is 0 Å². The minimum Gasteiger partial charge on any atom is -0.356 e. The van der Waals surface area contributed by atoms with Gasteiger partial charge in [-0.25, -0.2) is 0 Å². The molecule has 114 valence electrons. The maximum absolute atomic E-state index is 12.4. The zero-order valence-corrected chi connectivity index (χ0v) is 12.8. The molecule has 0 spiro atoms. The van der Waals surface area contributed by atoms with Gasteiger partial charge in [-0.3, -0.25) is 9.59 Å². The fourth-order valence-electron chi connectivity index (χ4n) is 2.92. The standard InChI is InChI=1S/C17H24N2O2/c1-3-18-16(20)13(2)14-9-11-19(12-10-14)17(21)15-7-5-4-6-8-15/h4-8,13-14H,3,9-12H2,1-2H3,(H,18,20). The number of rotatable bonds is 4. The Kier molecular flexibility index (Phi) is 5.37. The number of carbonyl (C=O) groups is 2. The van der Waals surface area contributed by atoms with Crippen molar-refractivity contribution in [2.75, 3.05) is 19.6 Å². The Morgan fingerprint density at radius 2 is 1.86 bits per heavy atom. The minimum atomic E-state index is 0.0268. The third-order valence-electron chi connectivity index (χ3n) is 4.32. The van der Waals surface area contributed by atoms with E-state index in [-0.39, 0.29) is 17.7 Å². The van der Waals surface area contributed by atoms with E-state index in [0.29, 0.717) is 12.5 Å². The van der Waals surface area contributed by atoms with Crippen LogP contribution in [0.4, 0.5) is 0 Å². The molecule has 4 heteroatoms. The van der Waals surface area contributed by atoms with E-state index in [0.717, 1.165) is 31.5 Å². The molecule has 0 aromatic heterocycles. The van der Waals surface area contributed by atoms with Crippen LogP contribution in [0.1, 0.15) is 37.0 Å². The first-order valence-electron chi connectivity index (χ1n) is 7.75. The van der Waals surface area contributed by atoms with Crippen molar-refractivity contribution in [2.45, 2.75) is 26.7 Å². The predicted molar refractivity (Wildman–Crippen MR) is 82.9 cm³/mol. The molecule has 1 atom stereocenters. The van der Waals surface area contributed by atoms with E-state index in [2.05, 4.69) is 5.32 Å².